The lowest BCUT2D eigenvalue weighted by molar-refractivity contribution is -0.137. The molecule has 0 aromatic heterocycles. The highest BCUT2D eigenvalue weighted by Crippen LogP contribution is 2.39. The van der Waals surface area contributed by atoms with Crippen LogP contribution >= 0.6 is 11.6 Å². The maximum Gasteiger partial charge on any atom is 0.336 e. The number of rotatable bonds is 4. The molecule has 0 amide bonds. The van der Waals surface area contributed by atoms with Crippen LogP contribution in [-0.2, 0) is 19.1 Å². The summed E-state index contributed by atoms with van der Waals surface area (Å²) in [7, 11) is 2.61. The van der Waals surface area contributed by atoms with Crippen LogP contribution in [0.4, 0.5) is 0 Å². The van der Waals surface area contributed by atoms with E-state index < -0.39 is 17.9 Å². The monoisotopic (exact) mass is 335 g/mol. The van der Waals surface area contributed by atoms with Gasteiger partial charge in [0.05, 0.1) is 31.3 Å². The molecule has 1 aliphatic heterocycles. The van der Waals surface area contributed by atoms with Crippen molar-refractivity contribution < 1.29 is 19.1 Å². The number of carbonyl (C=O) groups excluding carboxylic acids is 2. The summed E-state index contributed by atoms with van der Waals surface area (Å²) in [6.45, 7) is 2.50. The molecule has 0 unspecified atom stereocenters. The molecule has 122 valence electrons. The number of halogens is 1. The third-order valence-corrected chi connectivity index (χ3v) is 4.00. The zero-order valence-corrected chi connectivity index (χ0v) is 14.0. The van der Waals surface area contributed by atoms with Gasteiger partial charge < -0.3 is 14.4 Å². The summed E-state index contributed by atoms with van der Waals surface area (Å²) in [5.74, 6) is -1.66. The number of nitrogens with zero attached hydrogens (tertiary/aromatic N) is 1. The molecule has 0 saturated carbocycles. The van der Waals surface area contributed by atoms with Crippen molar-refractivity contribution in [1.82, 2.24) is 4.90 Å². The number of esters is 2. The Kier molecular flexibility index (Phi) is 5.45. The van der Waals surface area contributed by atoms with Crippen molar-refractivity contribution in [1.29, 1.82) is 0 Å². The van der Waals surface area contributed by atoms with Gasteiger partial charge in [0, 0.05) is 24.0 Å². The van der Waals surface area contributed by atoms with Gasteiger partial charge in [-0.2, -0.15) is 0 Å². The second-order valence-corrected chi connectivity index (χ2v) is 5.34. The molecule has 0 spiro atoms. The Hall–Kier alpha value is -2.27. The molecule has 0 fully saturated rings. The summed E-state index contributed by atoms with van der Waals surface area (Å²) in [4.78, 5) is 26.2. The van der Waals surface area contributed by atoms with Gasteiger partial charge in [-0.3, -0.25) is 0 Å². The van der Waals surface area contributed by atoms with E-state index in [1.54, 1.807) is 41.6 Å². The fourth-order valence-corrected chi connectivity index (χ4v) is 2.76. The van der Waals surface area contributed by atoms with Crippen LogP contribution < -0.4 is 0 Å². The smallest absolute Gasteiger partial charge is 0.336 e. The topological polar surface area (TPSA) is 55.8 Å². The number of hydrogen-bond donors (Lipinski definition) is 0. The van der Waals surface area contributed by atoms with Crippen molar-refractivity contribution in [3.63, 3.8) is 0 Å². The van der Waals surface area contributed by atoms with Crippen LogP contribution in [0.3, 0.4) is 0 Å². The van der Waals surface area contributed by atoms with E-state index in [0.717, 1.165) is 0 Å². The average Bonchev–Trinajstić information content (AvgIpc) is 2.59. The molecule has 1 aromatic rings. The van der Waals surface area contributed by atoms with Gasteiger partial charge in [0.25, 0.3) is 0 Å². The minimum absolute atomic E-state index is 0.338. The molecular formula is C17H18ClNO4. The van der Waals surface area contributed by atoms with E-state index in [1.165, 1.54) is 14.2 Å². The Morgan fingerprint density at radius 3 is 2.04 bits per heavy atom. The SMILES string of the molecule is CCN1C=C(C(=O)OC)C(c2ccccc2Cl)C(C(=O)OC)=C1. The maximum atomic E-state index is 12.2. The van der Waals surface area contributed by atoms with Crippen LogP contribution in [0.15, 0.2) is 47.8 Å². The van der Waals surface area contributed by atoms with Gasteiger partial charge in [-0.1, -0.05) is 29.8 Å². The largest absolute Gasteiger partial charge is 0.466 e. The van der Waals surface area contributed by atoms with Gasteiger partial charge in [0.2, 0.25) is 0 Å². The van der Waals surface area contributed by atoms with Crippen LogP contribution in [0.25, 0.3) is 0 Å². The number of carbonyl (C=O) groups is 2. The van der Waals surface area contributed by atoms with E-state index in [0.29, 0.717) is 28.3 Å². The first kappa shape index (κ1) is 17.1. The van der Waals surface area contributed by atoms with Crippen molar-refractivity contribution in [2.75, 3.05) is 20.8 Å². The van der Waals surface area contributed by atoms with E-state index in [2.05, 4.69) is 0 Å². The Balaban J connectivity index is 2.63. The third kappa shape index (κ3) is 3.40. The maximum absolute atomic E-state index is 12.2. The van der Waals surface area contributed by atoms with Crippen LogP contribution in [-0.4, -0.2) is 37.6 Å². The highest BCUT2D eigenvalue weighted by Gasteiger charge is 2.35. The first-order valence-corrected chi connectivity index (χ1v) is 7.51. The van der Waals surface area contributed by atoms with Gasteiger partial charge in [-0.15, -0.1) is 0 Å². The van der Waals surface area contributed by atoms with Gasteiger partial charge in [-0.25, -0.2) is 9.59 Å². The Bertz CT molecular complexity index is 647. The molecule has 0 bridgehead atoms. The predicted octanol–water partition coefficient (Wildman–Crippen LogP) is 2.87. The molecule has 0 saturated heterocycles. The lowest BCUT2D eigenvalue weighted by Crippen LogP contribution is -2.28. The number of methoxy groups -OCH3 is 2. The summed E-state index contributed by atoms with van der Waals surface area (Å²) in [6.07, 6.45) is 3.35. The van der Waals surface area contributed by atoms with Gasteiger partial charge in [0.15, 0.2) is 0 Å². The Morgan fingerprint density at radius 2 is 1.61 bits per heavy atom. The van der Waals surface area contributed by atoms with E-state index >= 15 is 0 Å². The number of benzene rings is 1. The Labute approximate surface area is 140 Å². The van der Waals surface area contributed by atoms with Crippen molar-refractivity contribution >= 4 is 23.5 Å². The van der Waals surface area contributed by atoms with Gasteiger partial charge in [0.1, 0.15) is 0 Å². The number of hydrogen-bond acceptors (Lipinski definition) is 5. The zero-order valence-electron chi connectivity index (χ0n) is 13.2. The summed E-state index contributed by atoms with van der Waals surface area (Å²) in [5, 5.41) is 0.465. The van der Waals surface area contributed by atoms with E-state index in [-0.39, 0.29) is 0 Å². The minimum Gasteiger partial charge on any atom is -0.466 e. The van der Waals surface area contributed by atoms with Crippen LogP contribution in [0.5, 0.6) is 0 Å². The van der Waals surface area contributed by atoms with Gasteiger partial charge in [-0.05, 0) is 18.6 Å². The fraction of sp³-hybridized carbons (Fsp3) is 0.294. The number of ether oxygens (including phenoxy) is 2. The van der Waals surface area contributed by atoms with E-state index in [1.807, 2.05) is 6.92 Å². The van der Waals surface area contributed by atoms with Gasteiger partial charge >= 0.3 is 11.9 Å². The fourth-order valence-electron chi connectivity index (χ4n) is 2.51. The molecule has 2 rings (SSSR count). The first-order valence-electron chi connectivity index (χ1n) is 7.13. The molecule has 5 nitrogen and oxygen atoms in total. The highest BCUT2D eigenvalue weighted by atomic mass is 35.5. The molecule has 1 aromatic carbocycles. The molecule has 1 heterocycles. The Morgan fingerprint density at radius 1 is 1.09 bits per heavy atom. The molecule has 0 radical (unpaired) electrons. The minimum atomic E-state index is -0.633. The highest BCUT2D eigenvalue weighted by molar-refractivity contribution is 6.31. The standard InChI is InChI=1S/C17H18ClNO4/c1-4-19-9-12(16(20)22-2)15(13(10-19)17(21)23-3)11-7-5-6-8-14(11)18/h5-10,15H,4H2,1-3H3. The third-order valence-electron chi connectivity index (χ3n) is 3.66. The van der Waals surface area contributed by atoms with E-state index in [9.17, 15) is 9.59 Å². The molecule has 23 heavy (non-hydrogen) atoms. The second kappa shape index (κ2) is 7.33. The lowest BCUT2D eigenvalue weighted by atomic mass is 9.83. The summed E-state index contributed by atoms with van der Waals surface area (Å²) < 4.78 is 9.76. The first-order chi connectivity index (χ1) is 11.0. The summed E-state index contributed by atoms with van der Waals surface area (Å²) in [5.41, 5.74) is 1.33. The predicted molar refractivity (Wildman–Crippen MR) is 86.8 cm³/mol. The molecular weight excluding hydrogens is 318 g/mol. The average molecular weight is 336 g/mol. The lowest BCUT2D eigenvalue weighted by Gasteiger charge is -2.29. The summed E-state index contributed by atoms with van der Waals surface area (Å²) in [6, 6.07) is 7.09. The van der Waals surface area contributed by atoms with Crippen molar-refractivity contribution in [3.8, 4) is 0 Å². The zero-order chi connectivity index (χ0) is 17.0. The van der Waals surface area contributed by atoms with Crippen molar-refractivity contribution in [2.24, 2.45) is 0 Å². The van der Waals surface area contributed by atoms with Crippen molar-refractivity contribution in [3.05, 3.63) is 58.4 Å². The van der Waals surface area contributed by atoms with Crippen LogP contribution in [0.2, 0.25) is 5.02 Å². The summed E-state index contributed by atoms with van der Waals surface area (Å²) >= 11 is 6.28. The molecule has 0 N–H and O–H groups in total. The molecule has 0 atom stereocenters. The normalized spacial score (nSPS) is 14.9. The molecule has 0 aliphatic carbocycles. The molecule has 6 heteroatoms. The van der Waals surface area contributed by atoms with Crippen molar-refractivity contribution in [2.45, 2.75) is 12.8 Å². The molecule has 1 aliphatic rings. The second-order valence-electron chi connectivity index (χ2n) is 4.94. The quantitative estimate of drug-likeness (QED) is 0.792. The van der Waals surface area contributed by atoms with Crippen LogP contribution in [0.1, 0.15) is 18.4 Å². The van der Waals surface area contributed by atoms with Crippen LogP contribution in [0, 0.1) is 0 Å². The van der Waals surface area contributed by atoms with E-state index in [4.69, 9.17) is 21.1 Å².